The number of hydrogen-bond donors (Lipinski definition) is 3. The summed E-state index contributed by atoms with van der Waals surface area (Å²) in [5.74, 6) is 1.47. The van der Waals surface area contributed by atoms with Gasteiger partial charge in [0.1, 0.15) is 29.9 Å². The largest absolute Gasteiger partial charge is 0.504 e. The van der Waals surface area contributed by atoms with Crippen LogP contribution in [0.3, 0.4) is 0 Å². The van der Waals surface area contributed by atoms with Gasteiger partial charge in [0.15, 0.2) is 28.5 Å². The summed E-state index contributed by atoms with van der Waals surface area (Å²) < 4.78 is 37.2. The second-order valence-electron chi connectivity index (χ2n) is 15.7. The fraction of sp³-hybridized carbons (Fsp3) is 0.463. The van der Waals surface area contributed by atoms with E-state index >= 15 is 0 Å². The number of carbonyl (C=O) groups is 2. The Labute approximate surface area is 321 Å². The molecule has 11 rings (SSSR count). The first-order chi connectivity index (χ1) is 26.4. The fourth-order valence-corrected chi connectivity index (χ4v) is 12.1. The van der Waals surface area contributed by atoms with Crippen molar-refractivity contribution in [2.24, 2.45) is 0 Å². The average Bonchev–Trinajstić information content (AvgIpc) is 3.79. The molecule has 13 nitrogen and oxygen atoms in total. The molecule has 7 aliphatic rings. The minimum absolute atomic E-state index is 0.0435. The minimum atomic E-state index is -1.35. The van der Waals surface area contributed by atoms with E-state index in [2.05, 4.69) is 16.3 Å². The molecular formula is C41H43N3O10S. The maximum absolute atomic E-state index is 14.8. The highest BCUT2D eigenvalue weighted by Gasteiger charge is 2.62. The summed E-state index contributed by atoms with van der Waals surface area (Å²) in [5, 5.41) is 28.6. The number of hydrogen-bond acceptors (Lipinski definition) is 14. The van der Waals surface area contributed by atoms with E-state index in [-0.39, 0.29) is 30.9 Å². The molecule has 0 unspecified atom stereocenters. The van der Waals surface area contributed by atoms with Crippen LogP contribution in [0.4, 0.5) is 0 Å². The molecule has 2 fully saturated rings. The maximum atomic E-state index is 14.8. The molecule has 0 saturated carbocycles. The summed E-state index contributed by atoms with van der Waals surface area (Å²) in [4.78, 5) is 31.9. The summed E-state index contributed by atoms with van der Waals surface area (Å²) >= 11 is 1.51. The van der Waals surface area contributed by atoms with Crippen LogP contribution in [0.15, 0.2) is 28.7 Å². The first-order valence-corrected chi connectivity index (χ1v) is 19.8. The number of likely N-dealkylation sites (N-methyl/N-ethyl adjacent to an activating group) is 1. The minimum Gasteiger partial charge on any atom is -0.504 e. The van der Waals surface area contributed by atoms with Crippen LogP contribution in [0.25, 0.3) is 11.0 Å². The zero-order valence-electron chi connectivity index (χ0n) is 31.5. The molecule has 0 radical (unpaired) electrons. The lowest BCUT2D eigenvalue weighted by atomic mass is 9.73. The molecule has 7 aliphatic heterocycles. The predicted octanol–water partition coefficient (Wildman–Crippen LogP) is 4.75. The number of phenolic OH excluding ortho intramolecular Hbond substituents is 1. The van der Waals surface area contributed by atoms with Gasteiger partial charge in [-0.15, -0.1) is 11.8 Å². The highest BCUT2D eigenvalue weighted by Crippen LogP contribution is 2.64. The van der Waals surface area contributed by atoms with E-state index < -0.39 is 47.1 Å². The number of esters is 2. The number of piperazine rings is 1. The Bertz CT molecular complexity index is 2340. The fourth-order valence-electron chi connectivity index (χ4n) is 10.4. The van der Waals surface area contributed by atoms with Crippen LogP contribution >= 0.6 is 11.8 Å². The van der Waals surface area contributed by atoms with E-state index in [1.165, 1.54) is 18.7 Å². The van der Waals surface area contributed by atoms with Gasteiger partial charge in [0.25, 0.3) is 0 Å². The number of aryl methyl sites for hydroxylation is 2. The van der Waals surface area contributed by atoms with Crippen LogP contribution in [-0.4, -0.2) is 90.1 Å². The lowest BCUT2D eigenvalue weighted by molar-refractivity contribution is -0.186. The number of thioether (sulfide) groups is 1. The Balaban J connectivity index is 1.24. The molecule has 1 spiro atoms. The number of carbonyl (C=O) groups excluding carboxylic acids is 2. The van der Waals surface area contributed by atoms with Crippen molar-refractivity contribution < 1.29 is 47.9 Å². The van der Waals surface area contributed by atoms with Gasteiger partial charge in [0.2, 0.25) is 6.79 Å². The number of aromatic hydroxyl groups is 1. The van der Waals surface area contributed by atoms with Gasteiger partial charge in [-0.1, -0.05) is 17.7 Å². The van der Waals surface area contributed by atoms with Gasteiger partial charge in [0, 0.05) is 58.5 Å². The SMILES string of the molecule is COc1c(C)cc2c(c1O)[C@H]1[C@@H]3[C@@H]4SC[C@]5(NCCc6c5oc5ccc(C)cc65)C(=O)OC[C@@H](c5c6c(c(C)c(OC(C)=O)c54)OCO6)N3[C@@H](O)[C@H](C2)N1C. The zero-order valence-corrected chi connectivity index (χ0v) is 32.3. The van der Waals surface area contributed by atoms with Gasteiger partial charge >= 0.3 is 11.9 Å². The predicted molar refractivity (Wildman–Crippen MR) is 201 cm³/mol. The van der Waals surface area contributed by atoms with Crippen LogP contribution in [0.1, 0.15) is 74.5 Å². The van der Waals surface area contributed by atoms with Gasteiger partial charge < -0.3 is 38.3 Å². The number of aliphatic hydroxyl groups excluding tert-OH is 1. The van der Waals surface area contributed by atoms with Crippen molar-refractivity contribution in [1.82, 2.24) is 15.1 Å². The number of methoxy groups -OCH3 is 1. The monoisotopic (exact) mass is 769 g/mol. The van der Waals surface area contributed by atoms with Gasteiger partial charge in [-0.3, -0.25) is 19.9 Å². The maximum Gasteiger partial charge on any atom is 0.335 e. The summed E-state index contributed by atoms with van der Waals surface area (Å²) in [6.45, 7) is 7.48. The Hall–Kier alpha value is -4.47. The number of rotatable bonds is 2. The number of aliphatic hydroxyl groups is 1. The zero-order chi connectivity index (χ0) is 38.2. The molecule has 1 aromatic heterocycles. The molecule has 7 atom stereocenters. The number of furan rings is 1. The van der Waals surface area contributed by atoms with Crippen molar-refractivity contribution >= 4 is 34.7 Å². The van der Waals surface area contributed by atoms with Crippen molar-refractivity contribution in [2.75, 3.05) is 39.9 Å². The highest BCUT2D eigenvalue weighted by molar-refractivity contribution is 7.99. The average molecular weight is 770 g/mol. The summed E-state index contributed by atoms with van der Waals surface area (Å²) in [7, 11) is 3.53. The molecule has 0 amide bonds. The van der Waals surface area contributed by atoms with Crippen molar-refractivity contribution in [3.05, 3.63) is 74.5 Å². The quantitative estimate of drug-likeness (QED) is 0.190. The molecule has 4 aromatic rings. The molecule has 0 aliphatic carbocycles. The Morgan fingerprint density at radius 3 is 2.65 bits per heavy atom. The topological polar surface area (TPSA) is 152 Å². The van der Waals surface area contributed by atoms with Crippen molar-refractivity contribution in [1.29, 1.82) is 0 Å². The number of ether oxygens (including phenoxy) is 5. The lowest BCUT2D eigenvalue weighted by Gasteiger charge is -2.62. The third-order valence-corrected chi connectivity index (χ3v) is 14.2. The molecule has 2 saturated heterocycles. The summed E-state index contributed by atoms with van der Waals surface area (Å²) in [6, 6.07) is 5.95. The number of nitrogens with zero attached hydrogens (tertiary/aromatic N) is 2. The van der Waals surface area contributed by atoms with Crippen molar-refractivity contribution in [2.45, 2.75) is 81.7 Å². The van der Waals surface area contributed by atoms with E-state index in [1.54, 1.807) is 7.11 Å². The van der Waals surface area contributed by atoms with Crippen molar-refractivity contribution in [3.63, 3.8) is 0 Å². The molecular weight excluding hydrogens is 727 g/mol. The van der Waals surface area contributed by atoms with Gasteiger partial charge in [0.05, 0.1) is 30.5 Å². The van der Waals surface area contributed by atoms with Crippen LogP contribution < -0.4 is 24.3 Å². The van der Waals surface area contributed by atoms with Gasteiger partial charge in [-0.25, -0.2) is 4.79 Å². The van der Waals surface area contributed by atoms with Crippen LogP contribution in [-0.2, 0) is 32.7 Å². The molecule has 8 heterocycles. The standard InChI is InChI=1S/C41H43N3O10S/c1-17-7-8-26-23(11-17)22-9-10-42-41(38(22)54-26)15-55-37-29-28(36-35(51-16-52-36)19(3)34(29)53-20(4)45)25(14-50-40(41)48)44-31(37)30-27-21(13-24(39(44)47)43(30)5)12-18(2)33(49-6)32(27)46/h7-8,11-12,24-25,30-31,37,39,42,46-47H,9-10,13-16H2,1-6H3/t24-,25-,30-,31+,37+,39-,41+/m0/s1. The number of phenols is 1. The Morgan fingerprint density at radius 1 is 1.07 bits per heavy atom. The molecule has 3 N–H and O–H groups in total. The smallest absolute Gasteiger partial charge is 0.335 e. The van der Waals surface area contributed by atoms with E-state index in [0.29, 0.717) is 70.4 Å². The second-order valence-corrected chi connectivity index (χ2v) is 16.8. The third kappa shape index (κ3) is 4.69. The number of benzene rings is 3. The van der Waals surface area contributed by atoms with Crippen LogP contribution in [0, 0.1) is 20.8 Å². The van der Waals surface area contributed by atoms with E-state index in [4.69, 9.17) is 28.1 Å². The van der Waals surface area contributed by atoms with Gasteiger partial charge in [-0.2, -0.15) is 0 Å². The van der Waals surface area contributed by atoms with Crippen molar-refractivity contribution in [3.8, 4) is 28.7 Å². The second kappa shape index (κ2) is 12.3. The first-order valence-electron chi connectivity index (χ1n) is 18.7. The summed E-state index contributed by atoms with van der Waals surface area (Å²) in [6.07, 6.45) is 0.119. The summed E-state index contributed by atoms with van der Waals surface area (Å²) in [5.41, 5.74) is 5.84. The third-order valence-electron chi connectivity index (χ3n) is 12.7. The van der Waals surface area contributed by atoms with Crippen LogP contribution in [0.5, 0.6) is 28.7 Å². The number of fused-ring (bicyclic) bond motifs is 11. The van der Waals surface area contributed by atoms with E-state index in [0.717, 1.165) is 33.2 Å². The molecule has 288 valence electrons. The molecule has 14 heteroatoms. The van der Waals surface area contributed by atoms with E-state index in [9.17, 15) is 19.8 Å². The normalized spacial score (nSPS) is 29.3. The highest BCUT2D eigenvalue weighted by atomic mass is 32.2. The van der Waals surface area contributed by atoms with Crippen LogP contribution in [0.2, 0.25) is 0 Å². The molecule has 3 aromatic carbocycles. The first kappa shape index (κ1) is 35.0. The van der Waals surface area contributed by atoms with E-state index in [1.807, 2.05) is 50.9 Å². The lowest BCUT2D eigenvalue weighted by Crippen LogP contribution is -2.70. The number of nitrogens with one attached hydrogen (secondary N) is 1. The Morgan fingerprint density at radius 2 is 1.87 bits per heavy atom. The molecule has 55 heavy (non-hydrogen) atoms. The Kier molecular flexibility index (Phi) is 7.80. The molecule has 4 bridgehead atoms. The van der Waals surface area contributed by atoms with Gasteiger partial charge in [-0.05, 0) is 63.9 Å².